The minimum absolute atomic E-state index is 0.104. The van der Waals surface area contributed by atoms with E-state index in [9.17, 15) is 9.18 Å². The average molecular weight is 236 g/mol. The summed E-state index contributed by atoms with van der Waals surface area (Å²) in [6, 6.07) is 3.91. The average Bonchev–Trinajstić information content (AvgIpc) is 2.58. The number of anilines is 1. The van der Waals surface area contributed by atoms with Gasteiger partial charge in [0.2, 0.25) is 0 Å². The minimum Gasteiger partial charge on any atom is -0.398 e. The van der Waals surface area contributed by atoms with Gasteiger partial charge < -0.3 is 10.6 Å². The van der Waals surface area contributed by atoms with Crippen molar-refractivity contribution in [1.82, 2.24) is 4.90 Å². The lowest BCUT2D eigenvalue weighted by atomic mass is 9.93. The van der Waals surface area contributed by atoms with E-state index in [1.54, 1.807) is 4.90 Å². The summed E-state index contributed by atoms with van der Waals surface area (Å²) < 4.78 is 12.9. The summed E-state index contributed by atoms with van der Waals surface area (Å²) in [6.45, 7) is 5.73. The first-order valence-electron chi connectivity index (χ1n) is 5.73. The molecule has 1 aromatic rings. The van der Waals surface area contributed by atoms with E-state index in [1.165, 1.54) is 18.2 Å². The lowest BCUT2D eigenvalue weighted by molar-refractivity contribution is 0.0779. The summed E-state index contributed by atoms with van der Waals surface area (Å²) in [6.07, 6.45) is 0.986. The zero-order valence-corrected chi connectivity index (χ0v) is 10.2. The van der Waals surface area contributed by atoms with E-state index in [2.05, 4.69) is 13.8 Å². The molecular formula is C13H17FN2O. The molecule has 1 amide bonds. The summed E-state index contributed by atoms with van der Waals surface area (Å²) >= 11 is 0. The van der Waals surface area contributed by atoms with E-state index in [4.69, 9.17) is 5.73 Å². The third-order valence-electron chi connectivity index (χ3n) is 3.21. The van der Waals surface area contributed by atoms with Gasteiger partial charge in [-0.15, -0.1) is 0 Å². The fourth-order valence-electron chi connectivity index (χ4n) is 2.18. The Bertz CT molecular complexity index is 457. The van der Waals surface area contributed by atoms with Crippen molar-refractivity contribution in [3.05, 3.63) is 29.6 Å². The van der Waals surface area contributed by atoms with Crippen LogP contribution in [0.1, 0.15) is 30.6 Å². The molecule has 1 saturated heterocycles. The van der Waals surface area contributed by atoms with E-state index >= 15 is 0 Å². The highest BCUT2D eigenvalue weighted by Crippen LogP contribution is 2.30. The second-order valence-corrected chi connectivity index (χ2v) is 5.37. The standard InChI is InChI=1S/C13H17FN2O/c1-13(2)5-6-16(8-13)12(17)10-4-3-9(14)7-11(10)15/h3-4,7H,5-6,8,15H2,1-2H3. The molecule has 0 atom stereocenters. The number of likely N-dealkylation sites (tertiary alicyclic amines) is 1. The van der Waals surface area contributed by atoms with Crippen LogP contribution in [0.15, 0.2) is 18.2 Å². The van der Waals surface area contributed by atoms with Crippen molar-refractivity contribution in [1.29, 1.82) is 0 Å². The van der Waals surface area contributed by atoms with Crippen molar-refractivity contribution in [2.24, 2.45) is 5.41 Å². The summed E-state index contributed by atoms with van der Waals surface area (Å²) in [5.41, 5.74) is 6.43. The van der Waals surface area contributed by atoms with Crippen LogP contribution in [0.5, 0.6) is 0 Å². The maximum absolute atomic E-state index is 12.9. The van der Waals surface area contributed by atoms with Gasteiger partial charge in [-0.3, -0.25) is 4.79 Å². The molecule has 0 spiro atoms. The van der Waals surface area contributed by atoms with Crippen LogP contribution in [0, 0.1) is 11.2 Å². The fraction of sp³-hybridized carbons (Fsp3) is 0.462. The smallest absolute Gasteiger partial charge is 0.255 e. The Morgan fingerprint density at radius 1 is 1.47 bits per heavy atom. The monoisotopic (exact) mass is 236 g/mol. The number of hydrogen-bond donors (Lipinski definition) is 1. The largest absolute Gasteiger partial charge is 0.398 e. The Morgan fingerprint density at radius 2 is 2.18 bits per heavy atom. The molecule has 1 aromatic carbocycles. The second-order valence-electron chi connectivity index (χ2n) is 5.37. The quantitative estimate of drug-likeness (QED) is 0.760. The third-order valence-corrected chi connectivity index (χ3v) is 3.21. The Kier molecular flexibility index (Phi) is 2.81. The highest BCUT2D eigenvalue weighted by Gasteiger charge is 2.32. The molecule has 0 saturated carbocycles. The molecular weight excluding hydrogens is 219 g/mol. The number of nitrogens with zero attached hydrogens (tertiary/aromatic N) is 1. The topological polar surface area (TPSA) is 46.3 Å². The van der Waals surface area contributed by atoms with Crippen molar-refractivity contribution >= 4 is 11.6 Å². The van der Waals surface area contributed by atoms with Gasteiger partial charge in [-0.05, 0) is 30.0 Å². The molecule has 0 aromatic heterocycles. The number of carbonyl (C=O) groups excluding carboxylic acids is 1. The summed E-state index contributed by atoms with van der Waals surface area (Å²) in [5, 5.41) is 0. The predicted octanol–water partition coefficient (Wildman–Crippen LogP) is 2.28. The lowest BCUT2D eigenvalue weighted by Crippen LogP contribution is -2.30. The molecule has 17 heavy (non-hydrogen) atoms. The van der Waals surface area contributed by atoms with Gasteiger partial charge in [0, 0.05) is 18.8 Å². The van der Waals surface area contributed by atoms with E-state index in [1.807, 2.05) is 0 Å². The zero-order valence-electron chi connectivity index (χ0n) is 10.2. The van der Waals surface area contributed by atoms with Gasteiger partial charge in [-0.25, -0.2) is 4.39 Å². The molecule has 0 aliphatic carbocycles. The van der Waals surface area contributed by atoms with Crippen molar-refractivity contribution < 1.29 is 9.18 Å². The number of rotatable bonds is 1. The van der Waals surface area contributed by atoms with Gasteiger partial charge in [0.05, 0.1) is 5.56 Å². The molecule has 0 unspecified atom stereocenters. The molecule has 2 rings (SSSR count). The van der Waals surface area contributed by atoms with Gasteiger partial charge in [-0.1, -0.05) is 13.8 Å². The predicted molar refractivity (Wildman–Crippen MR) is 65.1 cm³/mol. The van der Waals surface area contributed by atoms with Crippen LogP contribution < -0.4 is 5.73 Å². The van der Waals surface area contributed by atoms with Crippen LogP contribution in [-0.2, 0) is 0 Å². The van der Waals surface area contributed by atoms with Crippen molar-refractivity contribution in [3.63, 3.8) is 0 Å². The summed E-state index contributed by atoms with van der Waals surface area (Å²) in [7, 11) is 0. The molecule has 92 valence electrons. The lowest BCUT2D eigenvalue weighted by Gasteiger charge is -2.20. The van der Waals surface area contributed by atoms with Gasteiger partial charge in [-0.2, -0.15) is 0 Å². The van der Waals surface area contributed by atoms with Gasteiger partial charge in [0.25, 0.3) is 5.91 Å². The number of amides is 1. The first-order chi connectivity index (χ1) is 7.89. The SMILES string of the molecule is CC1(C)CCN(C(=O)c2ccc(F)cc2N)C1. The molecule has 0 bridgehead atoms. The molecule has 1 aliphatic rings. The fourth-order valence-corrected chi connectivity index (χ4v) is 2.18. The summed E-state index contributed by atoms with van der Waals surface area (Å²) in [5.74, 6) is -0.520. The summed E-state index contributed by atoms with van der Waals surface area (Å²) in [4.78, 5) is 14.0. The maximum atomic E-state index is 12.9. The highest BCUT2D eigenvalue weighted by molar-refractivity contribution is 5.99. The Labute approximate surface area is 100 Å². The molecule has 1 fully saturated rings. The minimum atomic E-state index is -0.416. The van der Waals surface area contributed by atoms with E-state index < -0.39 is 5.82 Å². The zero-order chi connectivity index (χ0) is 12.6. The van der Waals surface area contributed by atoms with Crippen molar-refractivity contribution in [2.75, 3.05) is 18.8 Å². The Morgan fingerprint density at radius 3 is 2.71 bits per heavy atom. The first kappa shape index (κ1) is 11.9. The normalized spacial score (nSPS) is 18.4. The number of nitrogens with two attached hydrogens (primary N) is 1. The second kappa shape index (κ2) is 4.02. The van der Waals surface area contributed by atoms with E-state index in [0.29, 0.717) is 5.56 Å². The Hall–Kier alpha value is -1.58. The molecule has 1 aliphatic heterocycles. The number of benzene rings is 1. The Balaban J connectivity index is 2.21. The van der Waals surface area contributed by atoms with Crippen LogP contribution in [0.2, 0.25) is 0 Å². The van der Waals surface area contributed by atoms with Crippen molar-refractivity contribution in [2.45, 2.75) is 20.3 Å². The van der Waals surface area contributed by atoms with Crippen molar-refractivity contribution in [3.8, 4) is 0 Å². The van der Waals surface area contributed by atoms with Crippen LogP contribution in [0.3, 0.4) is 0 Å². The number of halogens is 1. The van der Waals surface area contributed by atoms with Gasteiger partial charge in [0.15, 0.2) is 0 Å². The molecule has 4 heteroatoms. The first-order valence-corrected chi connectivity index (χ1v) is 5.73. The number of carbonyl (C=O) groups is 1. The van der Waals surface area contributed by atoms with Gasteiger partial charge in [0.1, 0.15) is 5.82 Å². The molecule has 1 heterocycles. The number of nitrogen functional groups attached to an aromatic ring is 1. The maximum Gasteiger partial charge on any atom is 0.255 e. The highest BCUT2D eigenvalue weighted by atomic mass is 19.1. The van der Waals surface area contributed by atoms with Crippen LogP contribution in [0.25, 0.3) is 0 Å². The van der Waals surface area contributed by atoms with Crippen LogP contribution in [0.4, 0.5) is 10.1 Å². The number of hydrogen-bond acceptors (Lipinski definition) is 2. The van der Waals surface area contributed by atoms with E-state index in [-0.39, 0.29) is 17.0 Å². The molecule has 0 radical (unpaired) electrons. The van der Waals surface area contributed by atoms with Gasteiger partial charge >= 0.3 is 0 Å². The van der Waals surface area contributed by atoms with Crippen LogP contribution >= 0.6 is 0 Å². The molecule has 2 N–H and O–H groups in total. The van der Waals surface area contributed by atoms with E-state index in [0.717, 1.165) is 19.5 Å². The third kappa shape index (κ3) is 2.40. The molecule has 3 nitrogen and oxygen atoms in total. The van der Waals surface area contributed by atoms with Crippen LogP contribution in [-0.4, -0.2) is 23.9 Å².